The van der Waals surface area contributed by atoms with Crippen molar-refractivity contribution in [1.82, 2.24) is 4.98 Å². The molecule has 1 aromatic heterocycles. The van der Waals surface area contributed by atoms with Crippen molar-refractivity contribution in [2.45, 2.75) is 11.7 Å². The first-order chi connectivity index (χ1) is 9.14. The van der Waals surface area contributed by atoms with Gasteiger partial charge in [-0.1, -0.05) is 29.8 Å². The van der Waals surface area contributed by atoms with Crippen LogP contribution in [0.4, 0.5) is 0 Å². The molecule has 0 aliphatic carbocycles. The smallest absolute Gasteiger partial charge is 0.259 e. The Hall–Kier alpha value is -1.91. The molecule has 0 saturated carbocycles. The molecule has 1 amide bonds. The van der Waals surface area contributed by atoms with E-state index in [9.17, 15) is 4.79 Å². The summed E-state index contributed by atoms with van der Waals surface area (Å²) in [6.07, 6.45) is 1.18. The molecule has 4 nitrogen and oxygen atoms in total. The average Bonchev–Trinajstić information content (AvgIpc) is 3.16. The molecule has 0 unspecified atom stereocenters. The second-order valence-electron chi connectivity index (χ2n) is 4.37. The minimum Gasteiger partial charge on any atom is -0.367 e. The summed E-state index contributed by atoms with van der Waals surface area (Å²) in [7, 11) is 0. The van der Waals surface area contributed by atoms with Gasteiger partial charge < -0.3 is 10.5 Å². The fourth-order valence-electron chi connectivity index (χ4n) is 2.21. The number of carbonyl (C=O) groups excluding carboxylic acids is 1. The van der Waals surface area contributed by atoms with Gasteiger partial charge in [-0.25, -0.2) is 0 Å². The van der Waals surface area contributed by atoms with Crippen molar-refractivity contribution in [3.8, 4) is 0 Å². The van der Waals surface area contributed by atoms with Crippen molar-refractivity contribution >= 4 is 17.5 Å². The minimum atomic E-state index is -1.17. The van der Waals surface area contributed by atoms with E-state index in [1.54, 1.807) is 36.5 Å². The van der Waals surface area contributed by atoms with Crippen molar-refractivity contribution in [2.75, 3.05) is 0 Å². The Morgan fingerprint density at radius 1 is 1.32 bits per heavy atom. The third-order valence-corrected chi connectivity index (χ3v) is 3.41. The molecule has 1 aromatic carbocycles. The van der Waals surface area contributed by atoms with Gasteiger partial charge in [0.15, 0.2) is 0 Å². The molecular weight excluding hydrogens is 264 g/mol. The van der Waals surface area contributed by atoms with Crippen LogP contribution < -0.4 is 5.73 Å². The lowest BCUT2D eigenvalue weighted by Crippen LogP contribution is -2.31. The van der Waals surface area contributed by atoms with Gasteiger partial charge in [-0.15, -0.1) is 0 Å². The van der Waals surface area contributed by atoms with Gasteiger partial charge >= 0.3 is 0 Å². The van der Waals surface area contributed by atoms with Gasteiger partial charge in [0.1, 0.15) is 6.10 Å². The van der Waals surface area contributed by atoms with Crippen molar-refractivity contribution in [3.63, 3.8) is 0 Å². The van der Waals surface area contributed by atoms with Crippen LogP contribution in [-0.4, -0.2) is 10.9 Å². The maximum absolute atomic E-state index is 11.8. The minimum absolute atomic E-state index is 0.432. The Bertz CT molecular complexity index is 632. The Morgan fingerprint density at radius 3 is 2.79 bits per heavy atom. The molecule has 2 aromatic rings. The van der Waals surface area contributed by atoms with Gasteiger partial charge in [-0.2, -0.15) is 0 Å². The molecule has 19 heavy (non-hydrogen) atoms. The number of nitrogens with zero attached hydrogens (tertiary/aromatic N) is 1. The number of hydrogen-bond donors (Lipinski definition) is 1. The van der Waals surface area contributed by atoms with E-state index in [4.69, 9.17) is 22.1 Å². The molecule has 2 N–H and O–H groups in total. The maximum atomic E-state index is 11.8. The lowest BCUT2D eigenvalue weighted by Gasteiger charge is -2.08. The van der Waals surface area contributed by atoms with Crippen LogP contribution >= 0.6 is 11.6 Å². The van der Waals surface area contributed by atoms with E-state index in [0.717, 1.165) is 5.56 Å². The molecule has 0 spiro atoms. The normalized spacial score (nSPS) is 25.0. The second kappa shape index (κ2) is 4.33. The molecule has 3 rings (SSSR count). The van der Waals surface area contributed by atoms with E-state index in [1.165, 1.54) is 0 Å². The van der Waals surface area contributed by atoms with Gasteiger partial charge in [-0.05, 0) is 29.8 Å². The highest BCUT2D eigenvalue weighted by molar-refractivity contribution is 6.30. The number of primary amides is 1. The number of aromatic nitrogens is 1. The summed E-state index contributed by atoms with van der Waals surface area (Å²) in [6.45, 7) is 0. The summed E-state index contributed by atoms with van der Waals surface area (Å²) in [5.74, 6) is -0.545. The molecule has 5 heteroatoms. The first kappa shape index (κ1) is 12.1. The zero-order chi connectivity index (χ0) is 13.5. The number of benzene rings is 1. The van der Waals surface area contributed by atoms with Crippen LogP contribution in [0, 0.1) is 0 Å². The van der Waals surface area contributed by atoms with Crippen LogP contribution in [0.15, 0.2) is 48.7 Å². The number of pyridine rings is 1. The SMILES string of the molecule is NC(=O)[C@@]1(c2ccccn2)O[C@@H]1c1cccc(Cl)c1. The van der Waals surface area contributed by atoms with Gasteiger partial charge in [-0.3, -0.25) is 9.78 Å². The highest BCUT2D eigenvalue weighted by atomic mass is 35.5. The van der Waals surface area contributed by atoms with Gasteiger partial charge in [0.2, 0.25) is 5.60 Å². The van der Waals surface area contributed by atoms with E-state index in [2.05, 4.69) is 4.98 Å². The van der Waals surface area contributed by atoms with E-state index < -0.39 is 17.6 Å². The van der Waals surface area contributed by atoms with E-state index in [-0.39, 0.29) is 0 Å². The average molecular weight is 275 g/mol. The van der Waals surface area contributed by atoms with Crippen LogP contribution in [0.5, 0.6) is 0 Å². The van der Waals surface area contributed by atoms with Crippen LogP contribution in [0.1, 0.15) is 17.4 Å². The number of rotatable bonds is 3. The Labute approximate surface area is 115 Å². The third kappa shape index (κ3) is 1.89. The van der Waals surface area contributed by atoms with Crippen LogP contribution in [0.25, 0.3) is 0 Å². The Morgan fingerprint density at radius 2 is 2.16 bits per heavy atom. The molecule has 2 heterocycles. The summed E-state index contributed by atoms with van der Waals surface area (Å²) in [4.78, 5) is 16.0. The molecule has 96 valence electrons. The Kier molecular flexibility index (Phi) is 2.77. The number of carbonyl (C=O) groups is 1. The van der Waals surface area contributed by atoms with Crippen molar-refractivity contribution in [2.24, 2.45) is 5.73 Å². The standard InChI is InChI=1S/C14H11ClN2O2/c15-10-5-3-4-9(8-10)12-14(19-12,13(16)18)11-6-1-2-7-17-11/h1-8,12H,(H2,16,18)/t12-,14+/m1/s1. The molecular formula is C14H11ClN2O2. The zero-order valence-electron chi connectivity index (χ0n) is 9.92. The summed E-state index contributed by atoms with van der Waals surface area (Å²) < 4.78 is 5.60. The monoisotopic (exact) mass is 274 g/mol. The quantitative estimate of drug-likeness (QED) is 0.872. The van der Waals surface area contributed by atoms with Crippen molar-refractivity contribution in [3.05, 3.63) is 64.9 Å². The van der Waals surface area contributed by atoms with Gasteiger partial charge in [0, 0.05) is 11.2 Å². The predicted molar refractivity (Wildman–Crippen MR) is 70.4 cm³/mol. The topological polar surface area (TPSA) is 68.5 Å². The number of hydrogen-bond acceptors (Lipinski definition) is 3. The van der Waals surface area contributed by atoms with Crippen molar-refractivity contribution < 1.29 is 9.53 Å². The molecule has 1 aliphatic rings. The number of epoxide rings is 1. The van der Waals surface area contributed by atoms with E-state index >= 15 is 0 Å². The fourth-order valence-corrected chi connectivity index (χ4v) is 2.41. The zero-order valence-corrected chi connectivity index (χ0v) is 10.7. The number of nitrogens with two attached hydrogens (primary N) is 1. The second-order valence-corrected chi connectivity index (χ2v) is 4.80. The molecule has 0 bridgehead atoms. The predicted octanol–water partition coefficient (Wildman–Crippen LogP) is 2.19. The van der Waals surface area contributed by atoms with Crippen LogP contribution in [-0.2, 0) is 15.1 Å². The summed E-state index contributed by atoms with van der Waals surface area (Å²) >= 11 is 5.95. The maximum Gasteiger partial charge on any atom is 0.259 e. The lowest BCUT2D eigenvalue weighted by molar-refractivity contribution is -0.123. The van der Waals surface area contributed by atoms with Gasteiger partial charge in [0.05, 0.1) is 5.69 Å². The van der Waals surface area contributed by atoms with Gasteiger partial charge in [0.25, 0.3) is 5.91 Å². The number of halogens is 1. The van der Waals surface area contributed by atoms with Crippen LogP contribution in [0.3, 0.4) is 0 Å². The molecule has 1 saturated heterocycles. The van der Waals surface area contributed by atoms with Crippen LogP contribution in [0.2, 0.25) is 5.02 Å². The lowest BCUT2D eigenvalue weighted by atomic mass is 9.95. The van der Waals surface area contributed by atoms with E-state index in [1.807, 2.05) is 12.1 Å². The third-order valence-electron chi connectivity index (χ3n) is 3.18. The fraction of sp³-hybridized carbons (Fsp3) is 0.143. The first-order valence-corrected chi connectivity index (χ1v) is 6.17. The summed E-state index contributed by atoms with van der Waals surface area (Å²) in [5.41, 5.74) is 5.66. The number of amides is 1. The summed E-state index contributed by atoms with van der Waals surface area (Å²) in [5, 5.41) is 0.590. The molecule has 2 atom stereocenters. The molecule has 0 radical (unpaired) electrons. The highest BCUT2D eigenvalue weighted by Gasteiger charge is 2.64. The largest absolute Gasteiger partial charge is 0.367 e. The molecule has 1 fully saturated rings. The first-order valence-electron chi connectivity index (χ1n) is 5.79. The number of ether oxygens (including phenoxy) is 1. The molecule has 1 aliphatic heterocycles. The summed E-state index contributed by atoms with van der Waals surface area (Å²) in [6, 6.07) is 12.5. The van der Waals surface area contributed by atoms with Crippen molar-refractivity contribution in [1.29, 1.82) is 0 Å². The van der Waals surface area contributed by atoms with E-state index in [0.29, 0.717) is 10.7 Å². The Balaban J connectivity index is 2.02. The highest BCUT2D eigenvalue weighted by Crippen LogP contribution is 2.56.